The maximum absolute atomic E-state index is 9.61. The largest absolute Gasteiger partial charge is 0.382 e. The fourth-order valence-electron chi connectivity index (χ4n) is 0.796. The van der Waals surface area contributed by atoms with Crippen LogP contribution in [0.25, 0.3) is 0 Å². The van der Waals surface area contributed by atoms with Gasteiger partial charge in [0, 0.05) is 19.8 Å². The molecule has 3 N–H and O–H groups in total. The Bertz CT molecular complexity index is 242. The molecule has 4 nitrogen and oxygen atoms in total. The van der Waals surface area contributed by atoms with Gasteiger partial charge < -0.3 is 15.4 Å². The van der Waals surface area contributed by atoms with Gasteiger partial charge in [0.15, 0.2) is 0 Å². The summed E-state index contributed by atoms with van der Waals surface area (Å²) in [5.41, 5.74) is 4.96. The summed E-state index contributed by atoms with van der Waals surface area (Å²) in [7, 11) is 1.85. The van der Waals surface area contributed by atoms with Gasteiger partial charge in [0.05, 0.1) is 12.0 Å². The first-order valence-corrected chi connectivity index (χ1v) is 3.47. The fraction of sp³-hybridized carbons (Fsp3) is 0.571. The first-order chi connectivity index (χ1) is 5.06. The first kappa shape index (κ1) is 8.23. The van der Waals surface area contributed by atoms with Crippen LogP contribution in [0.15, 0.2) is 12.5 Å². The van der Waals surface area contributed by atoms with Gasteiger partial charge in [-0.25, -0.2) is 4.98 Å². The second kappa shape index (κ2) is 2.64. The zero-order valence-electron chi connectivity index (χ0n) is 6.78. The number of aliphatic hydroxyl groups is 1. The highest BCUT2D eigenvalue weighted by Crippen LogP contribution is 2.15. The third-order valence-corrected chi connectivity index (χ3v) is 1.65. The number of aryl methyl sites for hydroxylation is 1. The smallest absolute Gasteiger partial charge is 0.117 e. The molecule has 4 heteroatoms. The Kier molecular flexibility index (Phi) is 1.97. The molecule has 11 heavy (non-hydrogen) atoms. The van der Waals surface area contributed by atoms with Crippen LogP contribution in [0, 0.1) is 0 Å². The average molecular weight is 155 g/mol. The molecule has 1 atom stereocenters. The molecule has 0 saturated carbocycles. The van der Waals surface area contributed by atoms with Gasteiger partial charge in [-0.15, -0.1) is 0 Å². The Morgan fingerprint density at radius 3 is 2.82 bits per heavy atom. The third-order valence-electron chi connectivity index (χ3n) is 1.65. The number of nitrogens with zero attached hydrogens (tertiary/aromatic N) is 2. The van der Waals surface area contributed by atoms with Gasteiger partial charge in [-0.1, -0.05) is 0 Å². The standard InChI is InChI=1S/C7H13N3O/c1-7(11,4-8)6-3-10(2)5-9-6/h3,5,11H,4,8H2,1-2H3. The maximum atomic E-state index is 9.61. The van der Waals surface area contributed by atoms with Gasteiger partial charge in [0.1, 0.15) is 5.60 Å². The number of imidazole rings is 1. The van der Waals surface area contributed by atoms with Crippen LogP contribution in [0.1, 0.15) is 12.6 Å². The van der Waals surface area contributed by atoms with E-state index >= 15 is 0 Å². The summed E-state index contributed by atoms with van der Waals surface area (Å²) in [6.45, 7) is 1.83. The minimum Gasteiger partial charge on any atom is -0.382 e. The Morgan fingerprint density at radius 1 is 1.82 bits per heavy atom. The van der Waals surface area contributed by atoms with Crippen LogP contribution >= 0.6 is 0 Å². The van der Waals surface area contributed by atoms with E-state index in [0.717, 1.165) is 0 Å². The van der Waals surface area contributed by atoms with Crippen molar-refractivity contribution in [1.82, 2.24) is 9.55 Å². The van der Waals surface area contributed by atoms with Crippen molar-refractivity contribution in [3.8, 4) is 0 Å². The summed E-state index contributed by atoms with van der Waals surface area (Å²) in [6, 6.07) is 0. The number of rotatable bonds is 2. The molecule has 0 aliphatic carbocycles. The van der Waals surface area contributed by atoms with E-state index in [1.54, 1.807) is 24.0 Å². The zero-order chi connectivity index (χ0) is 8.48. The number of aromatic nitrogens is 2. The molecule has 1 rings (SSSR count). The van der Waals surface area contributed by atoms with Gasteiger partial charge >= 0.3 is 0 Å². The molecule has 0 aliphatic rings. The molecule has 62 valence electrons. The molecule has 1 heterocycles. The Morgan fingerprint density at radius 2 is 2.45 bits per heavy atom. The highest BCUT2D eigenvalue weighted by atomic mass is 16.3. The molecule has 0 spiro atoms. The molecule has 1 aromatic rings. The number of nitrogens with two attached hydrogens (primary N) is 1. The minimum atomic E-state index is -0.999. The van der Waals surface area contributed by atoms with Gasteiger partial charge in [-0.05, 0) is 6.92 Å². The quantitative estimate of drug-likeness (QED) is 0.610. The zero-order valence-corrected chi connectivity index (χ0v) is 6.78. The lowest BCUT2D eigenvalue weighted by atomic mass is 10.0. The molecule has 1 unspecified atom stereocenters. The van der Waals surface area contributed by atoms with Crippen LogP contribution in [0.2, 0.25) is 0 Å². The summed E-state index contributed by atoms with van der Waals surface area (Å²) in [5.74, 6) is 0. The van der Waals surface area contributed by atoms with E-state index in [2.05, 4.69) is 4.98 Å². The van der Waals surface area contributed by atoms with Crippen LogP contribution in [0.5, 0.6) is 0 Å². The van der Waals surface area contributed by atoms with E-state index in [-0.39, 0.29) is 6.54 Å². The van der Waals surface area contributed by atoms with E-state index in [1.807, 2.05) is 7.05 Å². The van der Waals surface area contributed by atoms with Crippen LogP contribution in [0.4, 0.5) is 0 Å². The van der Waals surface area contributed by atoms with Crippen LogP contribution in [-0.4, -0.2) is 21.2 Å². The van der Waals surface area contributed by atoms with Crippen molar-refractivity contribution < 1.29 is 5.11 Å². The minimum absolute atomic E-state index is 0.185. The summed E-state index contributed by atoms with van der Waals surface area (Å²) in [5, 5.41) is 9.61. The van der Waals surface area contributed by atoms with Crippen molar-refractivity contribution in [2.24, 2.45) is 12.8 Å². The van der Waals surface area contributed by atoms with E-state index in [1.165, 1.54) is 0 Å². The highest BCUT2D eigenvalue weighted by Gasteiger charge is 2.23. The Balaban J connectivity index is 2.92. The monoisotopic (exact) mass is 155 g/mol. The summed E-state index contributed by atoms with van der Waals surface area (Å²) >= 11 is 0. The van der Waals surface area contributed by atoms with Gasteiger partial charge in [0.25, 0.3) is 0 Å². The average Bonchev–Trinajstić information content (AvgIpc) is 2.36. The predicted octanol–water partition coefficient (Wildman–Crippen LogP) is -0.414. The molecule has 0 amide bonds. The van der Waals surface area contributed by atoms with Gasteiger partial charge in [0.2, 0.25) is 0 Å². The predicted molar refractivity (Wildman–Crippen MR) is 41.8 cm³/mol. The van der Waals surface area contributed by atoms with Crippen molar-refractivity contribution in [1.29, 1.82) is 0 Å². The number of hydrogen-bond donors (Lipinski definition) is 2. The molecule has 0 saturated heterocycles. The number of hydrogen-bond acceptors (Lipinski definition) is 3. The fourth-order valence-corrected chi connectivity index (χ4v) is 0.796. The summed E-state index contributed by atoms with van der Waals surface area (Å²) in [6.07, 6.45) is 3.40. The topological polar surface area (TPSA) is 64.1 Å². The van der Waals surface area contributed by atoms with E-state index in [9.17, 15) is 5.11 Å². The lowest BCUT2D eigenvalue weighted by molar-refractivity contribution is 0.0625. The molecule has 0 bridgehead atoms. The Labute approximate surface area is 65.7 Å². The molecule has 0 radical (unpaired) electrons. The molecule has 0 aromatic carbocycles. The maximum Gasteiger partial charge on any atom is 0.117 e. The second-order valence-corrected chi connectivity index (χ2v) is 2.90. The second-order valence-electron chi connectivity index (χ2n) is 2.90. The van der Waals surface area contributed by atoms with Crippen molar-refractivity contribution in [3.63, 3.8) is 0 Å². The lowest BCUT2D eigenvalue weighted by Crippen LogP contribution is -2.31. The van der Waals surface area contributed by atoms with Crippen LogP contribution in [-0.2, 0) is 12.6 Å². The van der Waals surface area contributed by atoms with Crippen molar-refractivity contribution in [2.75, 3.05) is 6.54 Å². The highest BCUT2D eigenvalue weighted by molar-refractivity contribution is 5.07. The first-order valence-electron chi connectivity index (χ1n) is 3.47. The molecule has 0 aliphatic heterocycles. The molecule has 1 aromatic heterocycles. The summed E-state index contributed by atoms with van der Waals surface area (Å²) < 4.78 is 1.78. The normalized spacial score (nSPS) is 16.4. The van der Waals surface area contributed by atoms with Gasteiger partial charge in [-0.2, -0.15) is 0 Å². The molecular weight excluding hydrogens is 142 g/mol. The van der Waals surface area contributed by atoms with Crippen LogP contribution in [0.3, 0.4) is 0 Å². The van der Waals surface area contributed by atoms with Gasteiger partial charge in [-0.3, -0.25) is 0 Å². The van der Waals surface area contributed by atoms with E-state index in [4.69, 9.17) is 5.73 Å². The molecular formula is C7H13N3O. The van der Waals surface area contributed by atoms with E-state index < -0.39 is 5.60 Å². The van der Waals surface area contributed by atoms with Crippen molar-refractivity contribution in [3.05, 3.63) is 18.2 Å². The van der Waals surface area contributed by atoms with Crippen molar-refractivity contribution in [2.45, 2.75) is 12.5 Å². The third kappa shape index (κ3) is 1.58. The summed E-state index contributed by atoms with van der Waals surface area (Å²) in [4.78, 5) is 3.99. The van der Waals surface area contributed by atoms with E-state index in [0.29, 0.717) is 5.69 Å². The van der Waals surface area contributed by atoms with Crippen molar-refractivity contribution >= 4 is 0 Å². The SMILES string of the molecule is Cn1cnc(C(C)(O)CN)c1. The molecule has 0 fully saturated rings. The van der Waals surface area contributed by atoms with Crippen LogP contribution < -0.4 is 5.73 Å². The lowest BCUT2D eigenvalue weighted by Gasteiger charge is -2.17. The Hall–Kier alpha value is -0.870.